The Labute approximate surface area is 87.4 Å². The number of pyridine rings is 1. The highest BCUT2D eigenvalue weighted by molar-refractivity contribution is 5.64. The number of hydrogen-bond donors (Lipinski definition) is 2. The van der Waals surface area contributed by atoms with E-state index in [2.05, 4.69) is 15.0 Å². The number of primary amides is 1. The van der Waals surface area contributed by atoms with Crippen LogP contribution in [0.25, 0.3) is 0 Å². The van der Waals surface area contributed by atoms with Crippen LogP contribution in [-0.2, 0) is 4.74 Å². The largest absolute Gasteiger partial charge is 0.481 e. The quantitative estimate of drug-likeness (QED) is 0.696. The van der Waals surface area contributed by atoms with Gasteiger partial charge in [0.25, 0.3) is 0 Å². The summed E-state index contributed by atoms with van der Waals surface area (Å²) in [4.78, 5) is 14.4. The lowest BCUT2D eigenvalue weighted by molar-refractivity contribution is 0.161. The molecule has 0 bridgehead atoms. The van der Waals surface area contributed by atoms with Crippen molar-refractivity contribution in [3.63, 3.8) is 0 Å². The zero-order chi connectivity index (χ0) is 11.1. The van der Waals surface area contributed by atoms with Gasteiger partial charge >= 0.3 is 6.09 Å². The number of amides is 1. The molecule has 0 fully saturated rings. The summed E-state index contributed by atoms with van der Waals surface area (Å²) in [6, 6.07) is 5.33. The van der Waals surface area contributed by atoms with Gasteiger partial charge in [0.15, 0.2) is 0 Å². The molecule has 6 heteroatoms. The highest BCUT2D eigenvalue weighted by Gasteiger charge is 1.97. The Kier molecular flexibility index (Phi) is 4.21. The van der Waals surface area contributed by atoms with E-state index in [1.165, 1.54) is 0 Å². The standard InChI is InChI=1S/C9H13N3O3/c1-14-8-4-2-3-7(12-8)11-5-6-15-9(10)13/h2-4H,5-6H2,1H3,(H2,10,13)(H,11,12). The van der Waals surface area contributed by atoms with Gasteiger partial charge < -0.3 is 20.5 Å². The number of aromatic nitrogens is 1. The molecule has 0 aliphatic heterocycles. The van der Waals surface area contributed by atoms with E-state index in [-0.39, 0.29) is 6.61 Å². The van der Waals surface area contributed by atoms with Gasteiger partial charge in [-0.1, -0.05) is 6.07 Å². The van der Waals surface area contributed by atoms with Gasteiger partial charge in [-0.15, -0.1) is 0 Å². The minimum absolute atomic E-state index is 0.203. The van der Waals surface area contributed by atoms with Crippen LogP contribution in [0.5, 0.6) is 5.88 Å². The molecule has 0 atom stereocenters. The maximum absolute atomic E-state index is 10.2. The second-order valence-electron chi connectivity index (χ2n) is 2.66. The fraction of sp³-hybridized carbons (Fsp3) is 0.333. The monoisotopic (exact) mass is 211 g/mol. The first-order valence-corrected chi connectivity index (χ1v) is 4.39. The van der Waals surface area contributed by atoms with Crippen molar-refractivity contribution < 1.29 is 14.3 Å². The Morgan fingerprint density at radius 3 is 3.07 bits per heavy atom. The summed E-state index contributed by atoms with van der Waals surface area (Å²) in [5.41, 5.74) is 4.79. The normalized spacial score (nSPS) is 9.40. The lowest BCUT2D eigenvalue weighted by Gasteiger charge is -2.06. The van der Waals surface area contributed by atoms with Crippen LogP contribution in [0.1, 0.15) is 0 Å². The summed E-state index contributed by atoms with van der Waals surface area (Å²) >= 11 is 0. The van der Waals surface area contributed by atoms with Gasteiger partial charge in [-0.25, -0.2) is 4.79 Å². The van der Waals surface area contributed by atoms with Crippen molar-refractivity contribution in [1.29, 1.82) is 0 Å². The molecular weight excluding hydrogens is 198 g/mol. The topological polar surface area (TPSA) is 86.5 Å². The second kappa shape index (κ2) is 5.69. The Morgan fingerprint density at radius 2 is 2.40 bits per heavy atom. The van der Waals surface area contributed by atoms with E-state index in [1.54, 1.807) is 19.2 Å². The number of anilines is 1. The molecule has 0 aliphatic rings. The van der Waals surface area contributed by atoms with Crippen LogP contribution in [-0.4, -0.2) is 31.3 Å². The molecule has 0 saturated carbocycles. The van der Waals surface area contributed by atoms with E-state index in [0.717, 1.165) is 0 Å². The van der Waals surface area contributed by atoms with Gasteiger partial charge in [0, 0.05) is 6.07 Å². The summed E-state index contributed by atoms with van der Waals surface area (Å²) in [5, 5.41) is 2.95. The van der Waals surface area contributed by atoms with E-state index in [0.29, 0.717) is 18.2 Å². The number of carbonyl (C=O) groups is 1. The summed E-state index contributed by atoms with van der Waals surface area (Å²) in [5.74, 6) is 1.18. The fourth-order valence-electron chi connectivity index (χ4n) is 0.958. The van der Waals surface area contributed by atoms with Crippen LogP contribution in [0.4, 0.5) is 10.6 Å². The van der Waals surface area contributed by atoms with E-state index >= 15 is 0 Å². The minimum Gasteiger partial charge on any atom is -0.481 e. The van der Waals surface area contributed by atoms with E-state index in [4.69, 9.17) is 10.5 Å². The number of nitrogens with one attached hydrogen (secondary N) is 1. The molecule has 3 N–H and O–H groups in total. The van der Waals surface area contributed by atoms with Gasteiger partial charge in [0.2, 0.25) is 5.88 Å². The van der Waals surface area contributed by atoms with Gasteiger partial charge in [0.05, 0.1) is 13.7 Å². The summed E-state index contributed by atoms with van der Waals surface area (Å²) in [7, 11) is 1.54. The zero-order valence-electron chi connectivity index (χ0n) is 8.40. The van der Waals surface area contributed by atoms with Crippen molar-refractivity contribution >= 4 is 11.9 Å². The zero-order valence-corrected chi connectivity index (χ0v) is 8.40. The molecule has 0 radical (unpaired) electrons. The molecule has 1 amide bonds. The molecule has 0 unspecified atom stereocenters. The number of nitrogens with zero attached hydrogens (tertiary/aromatic N) is 1. The lowest BCUT2D eigenvalue weighted by atomic mass is 10.4. The number of ether oxygens (including phenoxy) is 2. The van der Waals surface area contributed by atoms with E-state index in [9.17, 15) is 4.79 Å². The number of nitrogens with two attached hydrogens (primary N) is 1. The molecule has 15 heavy (non-hydrogen) atoms. The summed E-state index contributed by atoms with van der Waals surface area (Å²) in [6.45, 7) is 0.650. The van der Waals surface area contributed by atoms with Crippen molar-refractivity contribution in [3.05, 3.63) is 18.2 Å². The lowest BCUT2D eigenvalue weighted by Crippen LogP contribution is -2.18. The first-order valence-electron chi connectivity index (χ1n) is 4.39. The molecule has 0 saturated heterocycles. The fourth-order valence-corrected chi connectivity index (χ4v) is 0.958. The Hall–Kier alpha value is -1.98. The van der Waals surface area contributed by atoms with Gasteiger partial charge in [-0.05, 0) is 6.07 Å². The average molecular weight is 211 g/mol. The predicted octanol–water partition coefficient (Wildman–Crippen LogP) is 0.597. The third-order valence-electron chi connectivity index (χ3n) is 1.59. The summed E-state index contributed by atoms with van der Waals surface area (Å²) in [6.07, 6.45) is -0.782. The number of rotatable bonds is 5. The van der Waals surface area contributed by atoms with Crippen LogP contribution in [0.3, 0.4) is 0 Å². The second-order valence-corrected chi connectivity index (χ2v) is 2.66. The minimum atomic E-state index is -0.782. The van der Waals surface area contributed by atoms with Crippen molar-refractivity contribution in [2.75, 3.05) is 25.6 Å². The molecule has 82 valence electrons. The smallest absolute Gasteiger partial charge is 0.404 e. The molecule has 1 aromatic rings. The highest BCUT2D eigenvalue weighted by Crippen LogP contribution is 2.09. The predicted molar refractivity (Wildman–Crippen MR) is 54.8 cm³/mol. The molecule has 0 aliphatic carbocycles. The van der Waals surface area contributed by atoms with Crippen LogP contribution >= 0.6 is 0 Å². The molecule has 0 spiro atoms. The summed E-state index contributed by atoms with van der Waals surface area (Å²) < 4.78 is 9.48. The van der Waals surface area contributed by atoms with Crippen LogP contribution in [0, 0.1) is 0 Å². The van der Waals surface area contributed by atoms with Gasteiger partial charge in [0.1, 0.15) is 12.4 Å². The Morgan fingerprint density at radius 1 is 1.60 bits per heavy atom. The number of carbonyl (C=O) groups excluding carboxylic acids is 1. The van der Waals surface area contributed by atoms with Gasteiger partial charge in [-0.3, -0.25) is 0 Å². The molecule has 1 heterocycles. The van der Waals surface area contributed by atoms with Crippen molar-refractivity contribution in [2.24, 2.45) is 5.73 Å². The first kappa shape index (κ1) is 11.1. The van der Waals surface area contributed by atoms with Crippen LogP contribution < -0.4 is 15.8 Å². The number of hydrogen-bond acceptors (Lipinski definition) is 5. The maximum Gasteiger partial charge on any atom is 0.404 e. The Bertz CT molecular complexity index is 330. The number of methoxy groups -OCH3 is 1. The third kappa shape index (κ3) is 4.17. The van der Waals surface area contributed by atoms with E-state index < -0.39 is 6.09 Å². The molecule has 1 rings (SSSR count). The van der Waals surface area contributed by atoms with E-state index in [1.807, 2.05) is 6.07 Å². The molecule has 6 nitrogen and oxygen atoms in total. The Balaban J connectivity index is 2.33. The molecule has 1 aromatic heterocycles. The molecule has 0 aromatic carbocycles. The van der Waals surface area contributed by atoms with Crippen LogP contribution in [0.15, 0.2) is 18.2 Å². The van der Waals surface area contributed by atoms with Crippen molar-refractivity contribution in [3.8, 4) is 5.88 Å². The maximum atomic E-state index is 10.2. The highest BCUT2D eigenvalue weighted by atomic mass is 16.5. The third-order valence-corrected chi connectivity index (χ3v) is 1.59. The SMILES string of the molecule is COc1cccc(NCCOC(N)=O)n1. The van der Waals surface area contributed by atoms with Gasteiger partial charge in [-0.2, -0.15) is 4.98 Å². The average Bonchev–Trinajstić information content (AvgIpc) is 2.24. The molecular formula is C9H13N3O3. The van der Waals surface area contributed by atoms with Crippen LogP contribution in [0.2, 0.25) is 0 Å². The first-order chi connectivity index (χ1) is 7.22. The van der Waals surface area contributed by atoms with Crippen molar-refractivity contribution in [1.82, 2.24) is 4.98 Å². The van der Waals surface area contributed by atoms with Crippen molar-refractivity contribution in [2.45, 2.75) is 0 Å².